The summed E-state index contributed by atoms with van der Waals surface area (Å²) in [5.74, 6) is 0.728. The molecule has 0 saturated carbocycles. The van der Waals surface area contributed by atoms with Crippen LogP contribution >= 0.6 is 15.9 Å². The molecule has 0 fully saturated rings. The van der Waals surface area contributed by atoms with Crippen molar-refractivity contribution < 1.29 is 4.79 Å². The number of nitrogens with zero attached hydrogens (tertiary/aromatic N) is 3. The van der Waals surface area contributed by atoms with Gasteiger partial charge < -0.3 is 5.32 Å². The second kappa shape index (κ2) is 6.25. The third kappa shape index (κ3) is 3.63. The van der Waals surface area contributed by atoms with Crippen molar-refractivity contribution >= 4 is 21.8 Å². The summed E-state index contributed by atoms with van der Waals surface area (Å²) in [6.07, 6.45) is 4.64. The molecule has 2 aromatic heterocycles. The van der Waals surface area contributed by atoms with E-state index in [-0.39, 0.29) is 5.91 Å². The molecule has 0 atom stereocenters. The van der Waals surface area contributed by atoms with Crippen molar-refractivity contribution in [1.82, 2.24) is 25.5 Å². The van der Waals surface area contributed by atoms with Gasteiger partial charge >= 0.3 is 0 Å². The number of pyridine rings is 1. The summed E-state index contributed by atoms with van der Waals surface area (Å²) in [4.78, 5) is 19.7. The molecular weight excluding hydrogens is 298 g/mol. The van der Waals surface area contributed by atoms with Crippen LogP contribution in [0.2, 0.25) is 0 Å². The van der Waals surface area contributed by atoms with Crippen molar-refractivity contribution in [2.75, 3.05) is 6.54 Å². The van der Waals surface area contributed by atoms with Gasteiger partial charge in [0.05, 0.1) is 0 Å². The Balaban J connectivity index is 1.75. The summed E-state index contributed by atoms with van der Waals surface area (Å²) in [5, 5.41) is 9.37. The molecule has 1 amide bonds. The quantitative estimate of drug-likeness (QED) is 0.644. The van der Waals surface area contributed by atoms with Crippen molar-refractivity contribution in [1.29, 1.82) is 0 Å². The molecule has 2 aromatic rings. The summed E-state index contributed by atoms with van der Waals surface area (Å²) >= 11 is 3.23. The molecule has 94 valence electrons. The lowest BCUT2D eigenvalue weighted by molar-refractivity contribution is 0.0953. The third-order valence-corrected chi connectivity index (χ3v) is 2.76. The highest BCUT2D eigenvalue weighted by molar-refractivity contribution is 9.10. The van der Waals surface area contributed by atoms with Crippen LogP contribution in [0.3, 0.4) is 0 Å². The summed E-state index contributed by atoms with van der Waals surface area (Å²) in [6, 6.07) is 3.36. The van der Waals surface area contributed by atoms with Crippen LogP contribution in [0, 0.1) is 0 Å². The Labute approximate surface area is 112 Å². The Hall–Kier alpha value is -1.76. The van der Waals surface area contributed by atoms with Gasteiger partial charge in [-0.2, -0.15) is 5.10 Å². The van der Waals surface area contributed by atoms with E-state index in [1.807, 2.05) is 0 Å². The Morgan fingerprint density at radius 2 is 2.33 bits per heavy atom. The van der Waals surface area contributed by atoms with Gasteiger partial charge in [0.25, 0.3) is 5.91 Å². The molecule has 0 bridgehead atoms. The number of amides is 1. The maximum atomic E-state index is 11.8. The molecule has 2 rings (SSSR count). The first-order valence-corrected chi connectivity index (χ1v) is 6.29. The number of halogens is 1. The molecule has 2 heterocycles. The fraction of sp³-hybridized carbons (Fsp3) is 0.273. The van der Waals surface area contributed by atoms with Crippen LogP contribution in [-0.4, -0.2) is 32.6 Å². The second-order valence-corrected chi connectivity index (χ2v) is 4.47. The fourth-order valence-corrected chi connectivity index (χ4v) is 1.82. The van der Waals surface area contributed by atoms with Crippen molar-refractivity contribution in [2.24, 2.45) is 0 Å². The molecule has 7 heteroatoms. The second-order valence-electron chi connectivity index (χ2n) is 3.66. The molecule has 0 aliphatic rings. The normalized spacial score (nSPS) is 10.3. The Bertz CT molecular complexity index is 514. The molecule has 18 heavy (non-hydrogen) atoms. The van der Waals surface area contributed by atoms with Gasteiger partial charge in [0.15, 0.2) is 0 Å². The lowest BCUT2D eigenvalue weighted by atomic mass is 10.2. The molecule has 0 aromatic carbocycles. The zero-order valence-corrected chi connectivity index (χ0v) is 11.1. The number of hydrogen-bond acceptors (Lipinski definition) is 4. The van der Waals surface area contributed by atoms with Gasteiger partial charge in [0.1, 0.15) is 16.8 Å². The minimum absolute atomic E-state index is 0.101. The molecular formula is C11H12BrN5O. The summed E-state index contributed by atoms with van der Waals surface area (Å²) in [6.45, 7) is 0.597. The molecule has 0 aliphatic heterocycles. The van der Waals surface area contributed by atoms with E-state index in [1.54, 1.807) is 18.3 Å². The van der Waals surface area contributed by atoms with Crippen LogP contribution in [0.1, 0.15) is 22.6 Å². The average Bonchev–Trinajstić information content (AvgIpc) is 2.87. The number of carbonyl (C=O) groups excluding carboxylic acids is 1. The smallest absolute Gasteiger partial charge is 0.251 e. The number of carbonyl (C=O) groups is 1. The van der Waals surface area contributed by atoms with Crippen LogP contribution in [0.4, 0.5) is 0 Å². The van der Waals surface area contributed by atoms with Gasteiger partial charge in [-0.3, -0.25) is 9.89 Å². The lowest BCUT2D eigenvalue weighted by Crippen LogP contribution is -2.24. The van der Waals surface area contributed by atoms with Crippen LogP contribution in [0.15, 0.2) is 29.3 Å². The molecule has 0 radical (unpaired) electrons. The predicted molar refractivity (Wildman–Crippen MR) is 69.0 cm³/mol. The Morgan fingerprint density at radius 3 is 3.06 bits per heavy atom. The molecule has 6 nitrogen and oxygen atoms in total. The number of hydrogen-bond donors (Lipinski definition) is 2. The zero-order valence-electron chi connectivity index (χ0n) is 9.56. The van der Waals surface area contributed by atoms with E-state index in [4.69, 9.17) is 0 Å². The van der Waals surface area contributed by atoms with Crippen molar-refractivity contribution in [2.45, 2.75) is 12.8 Å². The lowest BCUT2D eigenvalue weighted by Gasteiger charge is -2.04. The molecule has 2 N–H and O–H groups in total. The summed E-state index contributed by atoms with van der Waals surface area (Å²) in [5.41, 5.74) is 0.594. The minimum atomic E-state index is -0.101. The van der Waals surface area contributed by atoms with Crippen LogP contribution in [-0.2, 0) is 6.42 Å². The number of H-pyrrole nitrogens is 1. The SMILES string of the molecule is O=C(NCCCc1ncn[nH]1)c1ccnc(Br)c1. The van der Waals surface area contributed by atoms with Crippen molar-refractivity contribution in [3.63, 3.8) is 0 Å². The standard InChI is InChI=1S/C11H12BrN5O/c12-9-6-8(3-5-13-9)11(18)14-4-1-2-10-15-7-16-17-10/h3,5-7H,1-2,4H2,(H,14,18)(H,15,16,17). The fourth-order valence-electron chi connectivity index (χ4n) is 1.45. The zero-order chi connectivity index (χ0) is 12.8. The van der Waals surface area contributed by atoms with Gasteiger partial charge in [-0.1, -0.05) is 0 Å². The van der Waals surface area contributed by atoms with Gasteiger partial charge in [0, 0.05) is 24.7 Å². The molecule has 0 aliphatic carbocycles. The maximum Gasteiger partial charge on any atom is 0.251 e. The number of rotatable bonds is 5. The first kappa shape index (κ1) is 12.7. The number of nitrogens with one attached hydrogen (secondary N) is 2. The van der Waals surface area contributed by atoms with Crippen molar-refractivity contribution in [3.8, 4) is 0 Å². The molecule has 0 saturated heterocycles. The number of aryl methyl sites for hydroxylation is 1. The largest absolute Gasteiger partial charge is 0.352 e. The van der Waals surface area contributed by atoms with Gasteiger partial charge in [-0.15, -0.1) is 0 Å². The predicted octanol–water partition coefficient (Wildman–Crippen LogP) is 1.32. The molecule has 0 unspecified atom stereocenters. The van der Waals surface area contributed by atoms with Crippen molar-refractivity contribution in [3.05, 3.63) is 40.6 Å². The van der Waals surface area contributed by atoms with E-state index >= 15 is 0 Å². The van der Waals surface area contributed by atoms with E-state index in [9.17, 15) is 4.79 Å². The maximum absolute atomic E-state index is 11.8. The van der Waals surface area contributed by atoms with E-state index in [1.165, 1.54) is 6.33 Å². The highest BCUT2D eigenvalue weighted by Crippen LogP contribution is 2.07. The van der Waals surface area contributed by atoms with E-state index in [0.29, 0.717) is 16.7 Å². The topological polar surface area (TPSA) is 83.6 Å². The Kier molecular flexibility index (Phi) is 4.40. The van der Waals surface area contributed by atoms with E-state index in [0.717, 1.165) is 18.7 Å². The highest BCUT2D eigenvalue weighted by Gasteiger charge is 2.05. The van der Waals surface area contributed by atoms with E-state index < -0.39 is 0 Å². The van der Waals surface area contributed by atoms with Crippen LogP contribution in [0.5, 0.6) is 0 Å². The van der Waals surface area contributed by atoms with Crippen LogP contribution < -0.4 is 5.32 Å². The first-order valence-electron chi connectivity index (χ1n) is 5.49. The highest BCUT2D eigenvalue weighted by atomic mass is 79.9. The summed E-state index contributed by atoms with van der Waals surface area (Å²) in [7, 11) is 0. The van der Waals surface area contributed by atoms with Gasteiger partial charge in [0.2, 0.25) is 0 Å². The first-order chi connectivity index (χ1) is 8.75. The van der Waals surface area contributed by atoms with E-state index in [2.05, 4.69) is 41.4 Å². The van der Waals surface area contributed by atoms with Crippen LogP contribution in [0.25, 0.3) is 0 Å². The minimum Gasteiger partial charge on any atom is -0.352 e. The molecule has 0 spiro atoms. The summed E-state index contributed by atoms with van der Waals surface area (Å²) < 4.78 is 0.650. The third-order valence-electron chi connectivity index (χ3n) is 2.33. The number of aromatic amines is 1. The number of aromatic nitrogens is 4. The Morgan fingerprint density at radius 1 is 1.44 bits per heavy atom. The monoisotopic (exact) mass is 309 g/mol. The van der Waals surface area contributed by atoms with Gasteiger partial charge in [-0.05, 0) is 34.5 Å². The average molecular weight is 310 g/mol. The van der Waals surface area contributed by atoms with Gasteiger partial charge in [-0.25, -0.2) is 9.97 Å².